The average molecular weight is 289 g/mol. The molecule has 3 atom stereocenters. The van der Waals surface area contributed by atoms with Crippen LogP contribution in [0.15, 0.2) is 18.2 Å². The molecule has 2 saturated heterocycles. The normalized spacial score (nSPS) is 32.1. The molecular weight excluding hydrogens is 274 g/mol. The summed E-state index contributed by atoms with van der Waals surface area (Å²) >= 11 is 0. The topological polar surface area (TPSA) is 92.0 Å². The molecule has 3 unspecified atom stereocenters. The second kappa shape index (κ2) is 4.19. The molecule has 7 heteroatoms. The number of anilines is 1. The standard InChI is InChI=1S/C14H15N3O4/c1-15-13(19)16-8-2-3-9-7(6-8)4-5-14(9)12(18)17-10-11(20-10)21-14/h2-3,6,10-11H,4-5H2,1H3,(H,17,18)(H2,15,16,19). The first-order valence-electron chi connectivity index (χ1n) is 6.89. The van der Waals surface area contributed by atoms with Crippen molar-refractivity contribution in [1.29, 1.82) is 0 Å². The van der Waals surface area contributed by atoms with Crippen LogP contribution in [-0.4, -0.2) is 31.5 Å². The van der Waals surface area contributed by atoms with Crippen molar-refractivity contribution in [2.75, 3.05) is 12.4 Å². The van der Waals surface area contributed by atoms with Crippen molar-refractivity contribution in [3.05, 3.63) is 29.3 Å². The zero-order valence-electron chi connectivity index (χ0n) is 11.4. The van der Waals surface area contributed by atoms with Gasteiger partial charge in [-0.25, -0.2) is 4.79 Å². The van der Waals surface area contributed by atoms with E-state index in [9.17, 15) is 9.59 Å². The first-order valence-corrected chi connectivity index (χ1v) is 6.89. The van der Waals surface area contributed by atoms with Gasteiger partial charge in [-0.15, -0.1) is 0 Å². The van der Waals surface area contributed by atoms with Gasteiger partial charge in [0.15, 0.2) is 11.8 Å². The van der Waals surface area contributed by atoms with Gasteiger partial charge in [0.2, 0.25) is 6.29 Å². The van der Waals surface area contributed by atoms with Gasteiger partial charge in [-0.2, -0.15) is 0 Å². The van der Waals surface area contributed by atoms with Gasteiger partial charge in [0, 0.05) is 12.7 Å². The van der Waals surface area contributed by atoms with Crippen LogP contribution in [0, 0.1) is 0 Å². The van der Waals surface area contributed by atoms with Crippen LogP contribution in [0.4, 0.5) is 10.5 Å². The van der Waals surface area contributed by atoms with Crippen molar-refractivity contribution in [1.82, 2.24) is 10.6 Å². The van der Waals surface area contributed by atoms with Crippen molar-refractivity contribution >= 4 is 17.6 Å². The third-order valence-corrected chi connectivity index (χ3v) is 4.18. The molecule has 3 aliphatic rings. The third-order valence-electron chi connectivity index (χ3n) is 4.18. The summed E-state index contributed by atoms with van der Waals surface area (Å²) in [6.07, 6.45) is 0.687. The zero-order valence-corrected chi connectivity index (χ0v) is 11.4. The van der Waals surface area contributed by atoms with Crippen LogP contribution >= 0.6 is 0 Å². The fraction of sp³-hybridized carbons (Fsp3) is 0.429. The minimum absolute atomic E-state index is 0.146. The molecule has 1 aliphatic carbocycles. The molecule has 3 N–H and O–H groups in total. The molecular formula is C14H15N3O4. The fourth-order valence-corrected chi connectivity index (χ4v) is 3.06. The molecule has 110 valence electrons. The van der Waals surface area contributed by atoms with E-state index >= 15 is 0 Å². The number of carbonyl (C=O) groups excluding carboxylic acids is 2. The van der Waals surface area contributed by atoms with Gasteiger partial charge < -0.3 is 25.4 Å². The van der Waals surface area contributed by atoms with E-state index in [4.69, 9.17) is 9.47 Å². The summed E-state index contributed by atoms with van der Waals surface area (Å²) in [5.41, 5.74) is 1.62. The number of aryl methyl sites for hydroxylation is 1. The largest absolute Gasteiger partial charge is 0.341 e. The number of benzene rings is 1. The second-order valence-corrected chi connectivity index (χ2v) is 5.42. The highest BCUT2D eigenvalue weighted by Gasteiger charge is 2.59. The molecule has 2 fully saturated rings. The molecule has 7 nitrogen and oxygen atoms in total. The summed E-state index contributed by atoms with van der Waals surface area (Å²) in [5, 5.41) is 8.04. The SMILES string of the molecule is CNC(=O)Nc1ccc2c(c1)CCC21OC2OC2NC1=O. The molecule has 2 aliphatic heterocycles. The number of epoxide rings is 1. The van der Waals surface area contributed by atoms with Crippen LogP contribution < -0.4 is 16.0 Å². The molecule has 1 aromatic carbocycles. The Balaban J connectivity index is 1.66. The summed E-state index contributed by atoms with van der Waals surface area (Å²) in [6.45, 7) is 0. The Morgan fingerprint density at radius 1 is 1.48 bits per heavy atom. The Morgan fingerprint density at radius 3 is 3.14 bits per heavy atom. The van der Waals surface area contributed by atoms with Crippen LogP contribution in [0.3, 0.4) is 0 Å². The minimum atomic E-state index is -0.946. The predicted octanol–water partition coefficient (Wildman–Crippen LogP) is 0.408. The number of urea groups is 1. The molecule has 3 amide bonds. The number of nitrogens with one attached hydrogen (secondary N) is 3. The van der Waals surface area contributed by atoms with E-state index in [1.807, 2.05) is 12.1 Å². The summed E-state index contributed by atoms with van der Waals surface area (Å²) in [5.74, 6) is -0.146. The Labute approximate surface area is 121 Å². The highest BCUT2D eigenvalue weighted by atomic mass is 16.8. The van der Waals surface area contributed by atoms with E-state index < -0.39 is 5.60 Å². The first kappa shape index (κ1) is 12.6. The van der Waals surface area contributed by atoms with E-state index in [1.54, 1.807) is 13.1 Å². The van der Waals surface area contributed by atoms with E-state index in [0.717, 1.165) is 17.5 Å². The van der Waals surface area contributed by atoms with E-state index in [-0.39, 0.29) is 24.5 Å². The Kier molecular flexibility index (Phi) is 2.51. The maximum atomic E-state index is 12.3. The maximum Gasteiger partial charge on any atom is 0.318 e. The summed E-state index contributed by atoms with van der Waals surface area (Å²) in [4.78, 5) is 23.7. The molecule has 0 aromatic heterocycles. The van der Waals surface area contributed by atoms with Gasteiger partial charge in [-0.3, -0.25) is 4.79 Å². The summed E-state index contributed by atoms with van der Waals surface area (Å²) < 4.78 is 11.1. The lowest BCUT2D eigenvalue weighted by Crippen LogP contribution is -2.51. The summed E-state index contributed by atoms with van der Waals surface area (Å²) in [7, 11) is 1.56. The second-order valence-electron chi connectivity index (χ2n) is 5.42. The molecule has 0 bridgehead atoms. The molecule has 1 aromatic rings. The van der Waals surface area contributed by atoms with Crippen molar-refractivity contribution in [2.24, 2.45) is 0 Å². The number of rotatable bonds is 1. The third kappa shape index (κ3) is 1.81. The lowest BCUT2D eigenvalue weighted by molar-refractivity contribution is -0.161. The molecule has 2 heterocycles. The van der Waals surface area contributed by atoms with Crippen molar-refractivity contribution < 1.29 is 19.1 Å². The number of hydrogen-bond acceptors (Lipinski definition) is 4. The molecule has 0 radical (unpaired) electrons. The van der Waals surface area contributed by atoms with Crippen LogP contribution in [0.1, 0.15) is 17.5 Å². The quantitative estimate of drug-likeness (QED) is 0.653. The smallest absolute Gasteiger partial charge is 0.318 e. The molecule has 0 saturated carbocycles. The number of amides is 3. The van der Waals surface area contributed by atoms with Crippen molar-refractivity contribution in [2.45, 2.75) is 31.0 Å². The monoisotopic (exact) mass is 289 g/mol. The highest BCUT2D eigenvalue weighted by Crippen LogP contribution is 2.47. The van der Waals surface area contributed by atoms with Gasteiger partial charge in [-0.05, 0) is 36.1 Å². The Hall–Kier alpha value is -2.12. The number of carbonyl (C=O) groups is 2. The van der Waals surface area contributed by atoms with E-state index in [1.165, 1.54) is 0 Å². The lowest BCUT2D eigenvalue weighted by atomic mass is 9.93. The number of fused-ring (bicyclic) bond motifs is 3. The van der Waals surface area contributed by atoms with Crippen LogP contribution in [0.5, 0.6) is 0 Å². The lowest BCUT2D eigenvalue weighted by Gasteiger charge is -2.31. The number of hydrogen-bond donors (Lipinski definition) is 3. The first-order chi connectivity index (χ1) is 10.1. The van der Waals surface area contributed by atoms with Crippen molar-refractivity contribution in [3.8, 4) is 0 Å². The van der Waals surface area contributed by atoms with Gasteiger partial charge in [0.05, 0.1) is 0 Å². The highest BCUT2D eigenvalue weighted by molar-refractivity contribution is 5.91. The van der Waals surface area contributed by atoms with Crippen LogP contribution in [0.2, 0.25) is 0 Å². The van der Waals surface area contributed by atoms with Crippen LogP contribution in [0.25, 0.3) is 0 Å². The molecule has 4 rings (SSSR count). The van der Waals surface area contributed by atoms with Gasteiger partial charge in [0.1, 0.15) is 0 Å². The molecule has 1 spiro atoms. The maximum absolute atomic E-state index is 12.3. The van der Waals surface area contributed by atoms with E-state index in [0.29, 0.717) is 12.1 Å². The minimum Gasteiger partial charge on any atom is -0.341 e. The van der Waals surface area contributed by atoms with Gasteiger partial charge in [-0.1, -0.05) is 6.07 Å². The van der Waals surface area contributed by atoms with Crippen molar-refractivity contribution in [3.63, 3.8) is 0 Å². The van der Waals surface area contributed by atoms with Gasteiger partial charge in [0.25, 0.3) is 5.91 Å². The number of ether oxygens (including phenoxy) is 2. The van der Waals surface area contributed by atoms with Crippen LogP contribution in [-0.2, 0) is 26.3 Å². The van der Waals surface area contributed by atoms with E-state index in [2.05, 4.69) is 16.0 Å². The zero-order chi connectivity index (χ0) is 14.6. The Morgan fingerprint density at radius 2 is 2.33 bits per heavy atom. The van der Waals surface area contributed by atoms with Gasteiger partial charge >= 0.3 is 6.03 Å². The summed E-state index contributed by atoms with van der Waals surface area (Å²) in [6, 6.07) is 5.23. The Bertz CT molecular complexity index is 647. The average Bonchev–Trinajstić information content (AvgIpc) is 3.12. The predicted molar refractivity (Wildman–Crippen MR) is 72.4 cm³/mol. The fourth-order valence-electron chi connectivity index (χ4n) is 3.06. The number of morpholine rings is 1. The molecule has 21 heavy (non-hydrogen) atoms.